The lowest BCUT2D eigenvalue weighted by Gasteiger charge is -2.05. The Balaban J connectivity index is 1.96. The van der Waals surface area contributed by atoms with Crippen LogP contribution >= 0.6 is 27.5 Å². The van der Waals surface area contributed by atoms with Crippen LogP contribution < -0.4 is 4.74 Å². The molecule has 0 radical (unpaired) electrons. The van der Waals surface area contributed by atoms with Crippen LogP contribution in [0.4, 0.5) is 0 Å². The van der Waals surface area contributed by atoms with Crippen LogP contribution in [0.2, 0.25) is 5.02 Å². The van der Waals surface area contributed by atoms with Gasteiger partial charge in [0.05, 0.1) is 6.61 Å². The zero-order valence-electron chi connectivity index (χ0n) is 12.0. The summed E-state index contributed by atoms with van der Waals surface area (Å²) in [4.78, 5) is 12.1. The molecular weight excluding hydrogens is 364 g/mol. The van der Waals surface area contributed by atoms with E-state index in [1.807, 2.05) is 24.3 Å². The van der Waals surface area contributed by atoms with Crippen LogP contribution in [-0.2, 0) is 0 Å². The van der Waals surface area contributed by atoms with Crippen molar-refractivity contribution in [1.82, 2.24) is 0 Å². The molecule has 0 aromatic heterocycles. The number of hydrogen-bond acceptors (Lipinski definition) is 2. The van der Waals surface area contributed by atoms with Gasteiger partial charge in [0.15, 0.2) is 5.78 Å². The van der Waals surface area contributed by atoms with Crippen molar-refractivity contribution in [3.8, 4) is 5.75 Å². The van der Waals surface area contributed by atoms with Gasteiger partial charge in [0, 0.05) is 15.9 Å². The lowest BCUT2D eigenvalue weighted by molar-refractivity contribution is 0.104. The molecule has 114 valence electrons. The summed E-state index contributed by atoms with van der Waals surface area (Å²) in [5.74, 6) is 0.737. The van der Waals surface area contributed by atoms with Gasteiger partial charge in [0.25, 0.3) is 0 Å². The molecule has 0 aliphatic carbocycles. The maximum atomic E-state index is 12.1. The van der Waals surface area contributed by atoms with Crippen molar-refractivity contribution in [3.63, 3.8) is 0 Å². The molecular formula is C18H16BrClO2. The van der Waals surface area contributed by atoms with Crippen LogP contribution in [0.15, 0.2) is 54.6 Å². The highest BCUT2D eigenvalue weighted by atomic mass is 79.9. The number of alkyl halides is 1. The molecule has 2 aromatic rings. The van der Waals surface area contributed by atoms with Crippen LogP contribution in [0, 0.1) is 0 Å². The Kier molecular flexibility index (Phi) is 6.69. The van der Waals surface area contributed by atoms with Crippen molar-refractivity contribution >= 4 is 39.4 Å². The number of allylic oxidation sites excluding steroid dienone is 1. The van der Waals surface area contributed by atoms with Gasteiger partial charge < -0.3 is 4.74 Å². The third kappa shape index (κ3) is 5.32. The predicted octanol–water partition coefficient (Wildman–Crippen LogP) is 5.40. The molecule has 22 heavy (non-hydrogen) atoms. The first-order chi connectivity index (χ1) is 10.7. The van der Waals surface area contributed by atoms with Gasteiger partial charge in [-0.25, -0.2) is 0 Å². The summed E-state index contributed by atoms with van der Waals surface area (Å²) in [6.45, 7) is 0.662. The molecule has 0 heterocycles. The Morgan fingerprint density at radius 1 is 1.09 bits per heavy atom. The quantitative estimate of drug-likeness (QED) is 0.279. The summed E-state index contributed by atoms with van der Waals surface area (Å²) < 4.78 is 5.55. The molecule has 0 amide bonds. The standard InChI is InChI=1S/C18H16BrClO2/c19-12-1-13-22-17-9-5-15(6-10-17)18(21)11-4-14-2-7-16(20)8-3-14/h2-11H,1,12-13H2/b11-4+. The van der Waals surface area contributed by atoms with Gasteiger partial charge in [-0.3, -0.25) is 4.79 Å². The molecule has 0 aliphatic heterocycles. The minimum atomic E-state index is -0.0399. The van der Waals surface area contributed by atoms with Gasteiger partial charge in [-0.1, -0.05) is 45.7 Å². The van der Waals surface area contributed by atoms with E-state index in [-0.39, 0.29) is 5.78 Å². The minimum Gasteiger partial charge on any atom is -0.494 e. The van der Waals surface area contributed by atoms with Gasteiger partial charge >= 0.3 is 0 Å². The Morgan fingerprint density at radius 3 is 2.41 bits per heavy atom. The molecule has 0 unspecified atom stereocenters. The van der Waals surface area contributed by atoms with Crippen LogP contribution in [0.5, 0.6) is 5.75 Å². The number of benzene rings is 2. The summed E-state index contributed by atoms with van der Waals surface area (Å²) in [6, 6.07) is 14.5. The van der Waals surface area contributed by atoms with E-state index < -0.39 is 0 Å². The molecule has 0 bridgehead atoms. The Labute approximate surface area is 143 Å². The van der Waals surface area contributed by atoms with Gasteiger partial charge in [0.2, 0.25) is 0 Å². The van der Waals surface area contributed by atoms with E-state index in [1.165, 1.54) is 0 Å². The number of halogens is 2. The second kappa shape index (κ2) is 8.76. The van der Waals surface area contributed by atoms with Gasteiger partial charge in [-0.05, 0) is 54.5 Å². The third-order valence-electron chi connectivity index (χ3n) is 2.98. The van der Waals surface area contributed by atoms with Crippen molar-refractivity contribution < 1.29 is 9.53 Å². The maximum absolute atomic E-state index is 12.1. The molecule has 0 N–H and O–H groups in total. The van der Waals surface area contributed by atoms with Crippen LogP contribution in [0.3, 0.4) is 0 Å². The summed E-state index contributed by atoms with van der Waals surface area (Å²) in [5, 5.41) is 1.60. The van der Waals surface area contributed by atoms with E-state index in [0.29, 0.717) is 17.2 Å². The summed E-state index contributed by atoms with van der Waals surface area (Å²) in [5.41, 5.74) is 1.57. The van der Waals surface area contributed by atoms with E-state index in [2.05, 4.69) is 15.9 Å². The van der Waals surface area contributed by atoms with Gasteiger partial charge in [0.1, 0.15) is 5.75 Å². The molecule has 2 rings (SSSR count). The second-order valence-corrected chi connectivity index (χ2v) is 5.89. The summed E-state index contributed by atoms with van der Waals surface area (Å²) >= 11 is 9.18. The molecule has 2 nitrogen and oxygen atoms in total. The lowest BCUT2D eigenvalue weighted by Crippen LogP contribution is -1.99. The maximum Gasteiger partial charge on any atom is 0.185 e. The summed E-state index contributed by atoms with van der Waals surface area (Å²) in [6.07, 6.45) is 4.29. The highest BCUT2D eigenvalue weighted by molar-refractivity contribution is 9.09. The molecule has 0 aliphatic rings. The number of hydrogen-bond donors (Lipinski definition) is 0. The van der Waals surface area contributed by atoms with E-state index in [4.69, 9.17) is 16.3 Å². The molecule has 0 atom stereocenters. The fraction of sp³-hybridized carbons (Fsp3) is 0.167. The Hall–Kier alpha value is -1.58. The summed E-state index contributed by atoms with van der Waals surface area (Å²) in [7, 11) is 0. The van der Waals surface area contributed by atoms with E-state index in [9.17, 15) is 4.79 Å². The number of carbonyl (C=O) groups excluding carboxylic acids is 1. The average molecular weight is 380 g/mol. The Bertz CT molecular complexity index is 633. The topological polar surface area (TPSA) is 26.3 Å². The monoisotopic (exact) mass is 378 g/mol. The van der Waals surface area contributed by atoms with Gasteiger partial charge in [-0.15, -0.1) is 0 Å². The fourth-order valence-corrected chi connectivity index (χ4v) is 2.16. The molecule has 0 spiro atoms. The number of carbonyl (C=O) groups is 1. The first-order valence-electron chi connectivity index (χ1n) is 6.96. The number of ether oxygens (including phenoxy) is 1. The average Bonchev–Trinajstić information content (AvgIpc) is 2.55. The fourth-order valence-electron chi connectivity index (χ4n) is 1.80. The van der Waals surface area contributed by atoms with Crippen LogP contribution in [0.1, 0.15) is 22.3 Å². The smallest absolute Gasteiger partial charge is 0.185 e. The third-order valence-corrected chi connectivity index (χ3v) is 3.80. The number of ketones is 1. The SMILES string of the molecule is O=C(/C=C/c1ccc(Cl)cc1)c1ccc(OCCCBr)cc1. The zero-order chi connectivity index (χ0) is 15.8. The van der Waals surface area contributed by atoms with Crippen molar-refractivity contribution in [2.24, 2.45) is 0 Å². The molecule has 0 saturated carbocycles. The van der Waals surface area contributed by atoms with Crippen molar-refractivity contribution in [2.45, 2.75) is 6.42 Å². The molecule has 0 saturated heterocycles. The number of rotatable bonds is 7. The Morgan fingerprint density at radius 2 is 1.77 bits per heavy atom. The van der Waals surface area contributed by atoms with E-state index in [1.54, 1.807) is 36.4 Å². The first-order valence-corrected chi connectivity index (χ1v) is 8.46. The minimum absolute atomic E-state index is 0.0399. The highest BCUT2D eigenvalue weighted by Crippen LogP contribution is 2.15. The lowest BCUT2D eigenvalue weighted by atomic mass is 10.1. The van der Waals surface area contributed by atoms with E-state index in [0.717, 1.165) is 23.1 Å². The first kappa shape index (κ1) is 16.8. The normalized spacial score (nSPS) is 10.8. The highest BCUT2D eigenvalue weighted by Gasteiger charge is 2.02. The zero-order valence-corrected chi connectivity index (χ0v) is 14.3. The van der Waals surface area contributed by atoms with Crippen molar-refractivity contribution in [1.29, 1.82) is 0 Å². The molecule has 4 heteroatoms. The van der Waals surface area contributed by atoms with Crippen molar-refractivity contribution in [2.75, 3.05) is 11.9 Å². The predicted molar refractivity (Wildman–Crippen MR) is 95.2 cm³/mol. The molecule has 2 aromatic carbocycles. The second-order valence-electron chi connectivity index (χ2n) is 4.66. The van der Waals surface area contributed by atoms with Crippen molar-refractivity contribution in [3.05, 3.63) is 70.8 Å². The van der Waals surface area contributed by atoms with Gasteiger partial charge in [-0.2, -0.15) is 0 Å². The largest absolute Gasteiger partial charge is 0.494 e. The van der Waals surface area contributed by atoms with Crippen LogP contribution in [0.25, 0.3) is 6.08 Å². The molecule has 0 fully saturated rings. The van der Waals surface area contributed by atoms with Crippen LogP contribution in [-0.4, -0.2) is 17.7 Å². The van der Waals surface area contributed by atoms with E-state index >= 15 is 0 Å².